The molecule has 0 aliphatic rings. The van der Waals surface area contributed by atoms with E-state index in [2.05, 4.69) is 223 Å². The SMILES string of the molecule is c1ccc(-c2cccc(-c3cc(-c4ccccc4)cc(-c4cc(-c5cc6ccccc6c6ccccc56)cc(-n5c6ccccc6c6ccccc65)c4)n3)c2)cc1. The molecule has 9 aromatic carbocycles. The molecule has 0 aliphatic heterocycles. The van der Waals surface area contributed by atoms with Crippen molar-refractivity contribution in [3.05, 3.63) is 218 Å². The molecule has 0 bridgehead atoms. The summed E-state index contributed by atoms with van der Waals surface area (Å²) in [6.45, 7) is 0. The van der Waals surface area contributed by atoms with Crippen LogP contribution in [0, 0.1) is 0 Å². The summed E-state index contributed by atoms with van der Waals surface area (Å²) in [6.07, 6.45) is 0. The predicted octanol–water partition coefficient (Wildman–Crippen LogP) is 14.8. The lowest BCUT2D eigenvalue weighted by molar-refractivity contribution is 1.18. The van der Waals surface area contributed by atoms with E-state index in [0.29, 0.717) is 0 Å². The van der Waals surface area contributed by atoms with Crippen LogP contribution in [-0.2, 0) is 0 Å². The zero-order valence-corrected chi connectivity index (χ0v) is 31.2. The third-order valence-corrected chi connectivity index (χ3v) is 11.3. The highest BCUT2D eigenvalue weighted by atomic mass is 15.0. The first-order chi connectivity index (χ1) is 28.2. The van der Waals surface area contributed by atoms with Crippen LogP contribution in [0.15, 0.2) is 218 Å². The molecule has 2 heteroatoms. The Labute approximate surface area is 331 Å². The molecule has 0 N–H and O–H groups in total. The van der Waals surface area contributed by atoms with Gasteiger partial charge in [0.2, 0.25) is 0 Å². The van der Waals surface area contributed by atoms with Crippen molar-refractivity contribution >= 4 is 43.4 Å². The summed E-state index contributed by atoms with van der Waals surface area (Å²) in [5.41, 5.74) is 14.4. The van der Waals surface area contributed by atoms with Crippen LogP contribution in [0.3, 0.4) is 0 Å². The van der Waals surface area contributed by atoms with Crippen LogP contribution in [-0.4, -0.2) is 9.55 Å². The van der Waals surface area contributed by atoms with Crippen LogP contribution in [0.25, 0.3) is 105 Å². The van der Waals surface area contributed by atoms with Gasteiger partial charge in [-0.2, -0.15) is 0 Å². The van der Waals surface area contributed by atoms with Gasteiger partial charge in [0, 0.05) is 27.6 Å². The average molecular weight is 725 g/mol. The lowest BCUT2D eigenvalue weighted by Gasteiger charge is -2.17. The molecule has 0 aliphatic carbocycles. The molecule has 0 radical (unpaired) electrons. The number of benzene rings is 9. The highest BCUT2D eigenvalue weighted by Gasteiger charge is 2.18. The minimum Gasteiger partial charge on any atom is -0.309 e. The quantitative estimate of drug-likeness (QED) is 0.156. The van der Waals surface area contributed by atoms with Gasteiger partial charge in [0.05, 0.1) is 22.4 Å². The van der Waals surface area contributed by atoms with Crippen molar-refractivity contribution in [2.24, 2.45) is 0 Å². The zero-order valence-electron chi connectivity index (χ0n) is 31.2. The van der Waals surface area contributed by atoms with Gasteiger partial charge in [0.25, 0.3) is 0 Å². The van der Waals surface area contributed by atoms with Crippen LogP contribution >= 0.6 is 0 Å². The van der Waals surface area contributed by atoms with Crippen molar-refractivity contribution in [1.29, 1.82) is 0 Å². The van der Waals surface area contributed by atoms with E-state index in [9.17, 15) is 0 Å². The van der Waals surface area contributed by atoms with Crippen molar-refractivity contribution in [3.8, 4) is 61.6 Å². The maximum absolute atomic E-state index is 5.52. The lowest BCUT2D eigenvalue weighted by Crippen LogP contribution is -1.98. The molecule has 2 aromatic heterocycles. The van der Waals surface area contributed by atoms with Gasteiger partial charge < -0.3 is 4.57 Å². The first-order valence-corrected chi connectivity index (χ1v) is 19.5. The minimum atomic E-state index is 0.922. The Hall–Kier alpha value is -7.55. The van der Waals surface area contributed by atoms with Crippen LogP contribution in [0.4, 0.5) is 0 Å². The molecule has 0 atom stereocenters. The Kier molecular flexibility index (Phi) is 7.86. The topological polar surface area (TPSA) is 17.8 Å². The Bertz CT molecular complexity index is 3230. The van der Waals surface area contributed by atoms with Crippen molar-refractivity contribution in [2.75, 3.05) is 0 Å². The van der Waals surface area contributed by atoms with Crippen LogP contribution < -0.4 is 0 Å². The number of nitrogens with zero attached hydrogens (tertiary/aromatic N) is 2. The van der Waals surface area contributed by atoms with E-state index in [4.69, 9.17) is 4.98 Å². The van der Waals surface area contributed by atoms with E-state index in [-0.39, 0.29) is 0 Å². The smallest absolute Gasteiger partial charge is 0.0716 e. The van der Waals surface area contributed by atoms with Crippen LogP contribution in [0.5, 0.6) is 0 Å². The van der Waals surface area contributed by atoms with Crippen molar-refractivity contribution in [3.63, 3.8) is 0 Å². The normalized spacial score (nSPS) is 11.5. The van der Waals surface area contributed by atoms with Gasteiger partial charge in [-0.3, -0.25) is 0 Å². The first-order valence-electron chi connectivity index (χ1n) is 19.5. The Morgan fingerprint density at radius 3 is 1.47 bits per heavy atom. The number of para-hydroxylation sites is 2. The minimum absolute atomic E-state index is 0.922. The highest BCUT2D eigenvalue weighted by molar-refractivity contribution is 6.14. The third-order valence-electron chi connectivity index (χ3n) is 11.3. The number of pyridine rings is 1. The van der Waals surface area contributed by atoms with Crippen molar-refractivity contribution < 1.29 is 0 Å². The summed E-state index contributed by atoms with van der Waals surface area (Å²) in [5, 5.41) is 7.43. The second kappa shape index (κ2) is 13.6. The standard InChI is InChI=1S/C55H36N2/c1-3-16-37(17-4-1)39-21-15-22-41(30-39)52-35-42(38-18-5-2-6-19-38)36-53(56-52)44-31-43(51-34-40-20-7-8-23-46(40)47-24-9-10-25-48(47)51)32-45(33-44)57-54-28-13-11-26-49(54)50-27-12-14-29-55(50)57/h1-36H. The molecule has 11 aromatic rings. The molecule has 11 rings (SSSR count). The molecular formula is C55H36N2. The molecule has 0 amide bonds. The van der Waals surface area contributed by atoms with Crippen molar-refractivity contribution in [1.82, 2.24) is 9.55 Å². The predicted molar refractivity (Wildman–Crippen MR) is 241 cm³/mol. The molecule has 0 saturated heterocycles. The number of fused-ring (bicyclic) bond motifs is 6. The maximum atomic E-state index is 5.52. The van der Waals surface area contributed by atoms with Crippen LogP contribution in [0.1, 0.15) is 0 Å². The third kappa shape index (κ3) is 5.78. The molecule has 57 heavy (non-hydrogen) atoms. The monoisotopic (exact) mass is 724 g/mol. The van der Waals surface area contributed by atoms with E-state index in [0.717, 1.165) is 44.9 Å². The molecule has 266 valence electrons. The highest BCUT2D eigenvalue weighted by Crippen LogP contribution is 2.41. The maximum Gasteiger partial charge on any atom is 0.0716 e. The summed E-state index contributed by atoms with van der Waals surface area (Å²) in [5.74, 6) is 0. The largest absolute Gasteiger partial charge is 0.309 e. The molecule has 2 heterocycles. The molecule has 0 saturated carbocycles. The average Bonchev–Trinajstić information content (AvgIpc) is 3.63. The van der Waals surface area contributed by atoms with Gasteiger partial charge in [-0.25, -0.2) is 4.98 Å². The summed E-state index contributed by atoms with van der Waals surface area (Å²) in [4.78, 5) is 5.52. The van der Waals surface area contributed by atoms with E-state index >= 15 is 0 Å². The van der Waals surface area contributed by atoms with E-state index in [1.165, 1.54) is 60.0 Å². The molecule has 0 unspecified atom stereocenters. The zero-order chi connectivity index (χ0) is 37.7. The second-order valence-electron chi connectivity index (χ2n) is 14.8. The summed E-state index contributed by atoms with van der Waals surface area (Å²) < 4.78 is 2.42. The van der Waals surface area contributed by atoms with Gasteiger partial charge >= 0.3 is 0 Å². The van der Waals surface area contributed by atoms with E-state index in [1.807, 2.05) is 0 Å². The number of aromatic nitrogens is 2. The Balaban J connectivity index is 1.20. The molecule has 0 fully saturated rings. The van der Waals surface area contributed by atoms with E-state index in [1.54, 1.807) is 0 Å². The number of rotatable bonds is 6. The van der Waals surface area contributed by atoms with Crippen molar-refractivity contribution in [2.45, 2.75) is 0 Å². The first kappa shape index (κ1) is 32.8. The summed E-state index contributed by atoms with van der Waals surface area (Å²) in [6, 6.07) is 78.9. The van der Waals surface area contributed by atoms with Gasteiger partial charge in [-0.05, 0) is 110 Å². The summed E-state index contributed by atoms with van der Waals surface area (Å²) in [7, 11) is 0. The Morgan fingerprint density at radius 2 is 0.772 bits per heavy atom. The lowest BCUT2D eigenvalue weighted by atomic mass is 9.91. The second-order valence-corrected chi connectivity index (χ2v) is 14.8. The fourth-order valence-electron chi connectivity index (χ4n) is 8.65. The van der Waals surface area contributed by atoms with Gasteiger partial charge in [-0.15, -0.1) is 0 Å². The fraction of sp³-hybridized carbons (Fsp3) is 0. The Morgan fingerprint density at radius 1 is 0.281 bits per heavy atom. The fourth-order valence-corrected chi connectivity index (χ4v) is 8.65. The number of hydrogen-bond donors (Lipinski definition) is 0. The molecular weight excluding hydrogens is 689 g/mol. The van der Waals surface area contributed by atoms with Crippen LogP contribution in [0.2, 0.25) is 0 Å². The van der Waals surface area contributed by atoms with Gasteiger partial charge in [-0.1, -0.05) is 164 Å². The van der Waals surface area contributed by atoms with E-state index < -0.39 is 0 Å². The molecule has 0 spiro atoms. The molecule has 2 nitrogen and oxygen atoms in total. The van der Waals surface area contributed by atoms with Gasteiger partial charge in [0.15, 0.2) is 0 Å². The van der Waals surface area contributed by atoms with Gasteiger partial charge in [0.1, 0.15) is 0 Å². The summed E-state index contributed by atoms with van der Waals surface area (Å²) >= 11 is 0. The number of hydrogen-bond acceptors (Lipinski definition) is 1.